The molecule has 24 heavy (non-hydrogen) atoms. The molecule has 1 aliphatic carbocycles. The Kier molecular flexibility index (Phi) is 4.32. The van der Waals surface area contributed by atoms with E-state index in [1.807, 2.05) is 0 Å². The van der Waals surface area contributed by atoms with Crippen molar-refractivity contribution in [3.63, 3.8) is 0 Å². The van der Waals surface area contributed by atoms with Gasteiger partial charge in [-0.05, 0) is 35.7 Å². The summed E-state index contributed by atoms with van der Waals surface area (Å²) in [6, 6.07) is 2.73. The number of pyridine rings is 1. The Labute approximate surface area is 138 Å². The third kappa shape index (κ3) is 3.15. The number of nitro groups is 1. The monoisotopic (exact) mass is 334 g/mol. The molecular weight excluding hydrogens is 316 g/mol. The van der Waals surface area contributed by atoms with Gasteiger partial charge in [-0.2, -0.15) is 0 Å². The number of anilines is 1. The molecule has 3 rings (SSSR count). The molecule has 2 aliphatic rings. The molecule has 1 fully saturated rings. The van der Waals surface area contributed by atoms with Crippen molar-refractivity contribution in [2.24, 2.45) is 0 Å². The van der Waals surface area contributed by atoms with Crippen LogP contribution in [-0.4, -0.2) is 40.4 Å². The fourth-order valence-corrected chi connectivity index (χ4v) is 3.02. The fourth-order valence-electron chi connectivity index (χ4n) is 3.02. The molecule has 1 N–H and O–H groups in total. The second kappa shape index (κ2) is 6.42. The average molecular weight is 334 g/mol. The lowest BCUT2D eigenvalue weighted by Crippen LogP contribution is -2.50. The van der Waals surface area contributed by atoms with Crippen LogP contribution in [0.15, 0.2) is 12.1 Å². The quantitative estimate of drug-likeness (QED) is 0.653. The first kappa shape index (κ1) is 16.2. The summed E-state index contributed by atoms with van der Waals surface area (Å²) in [7, 11) is 0. The fraction of sp³-hybridized carbons (Fsp3) is 0.533. The van der Waals surface area contributed by atoms with Gasteiger partial charge in [0.15, 0.2) is 11.9 Å². The molecule has 1 aliphatic heterocycles. The molecule has 128 valence electrons. The van der Waals surface area contributed by atoms with Crippen LogP contribution in [-0.2, 0) is 9.59 Å². The minimum atomic E-state index is -0.778. The molecule has 0 saturated heterocycles. The van der Waals surface area contributed by atoms with E-state index in [-0.39, 0.29) is 30.1 Å². The van der Waals surface area contributed by atoms with Crippen LogP contribution in [0.3, 0.4) is 0 Å². The molecule has 1 saturated carbocycles. The van der Waals surface area contributed by atoms with Crippen molar-refractivity contribution in [2.75, 3.05) is 11.4 Å². The third-order valence-corrected chi connectivity index (χ3v) is 4.21. The van der Waals surface area contributed by atoms with E-state index >= 15 is 0 Å². The van der Waals surface area contributed by atoms with Gasteiger partial charge in [0.1, 0.15) is 6.54 Å². The maximum atomic E-state index is 12.4. The van der Waals surface area contributed by atoms with Crippen molar-refractivity contribution in [1.29, 1.82) is 0 Å². The topological polar surface area (TPSA) is 115 Å². The first-order chi connectivity index (χ1) is 11.5. The molecule has 0 aromatic carbocycles. The van der Waals surface area contributed by atoms with Gasteiger partial charge in [-0.15, -0.1) is 0 Å². The molecule has 9 nitrogen and oxygen atoms in total. The molecule has 0 bridgehead atoms. The van der Waals surface area contributed by atoms with Crippen LogP contribution in [0.4, 0.5) is 11.6 Å². The highest BCUT2D eigenvalue weighted by Crippen LogP contribution is 2.33. The summed E-state index contributed by atoms with van der Waals surface area (Å²) in [5.74, 6) is -0.892. The smallest absolute Gasteiger partial charge is 0.366 e. The lowest BCUT2D eigenvalue weighted by atomic mass is 10.2. The zero-order valence-corrected chi connectivity index (χ0v) is 13.2. The second-order valence-corrected chi connectivity index (χ2v) is 5.98. The summed E-state index contributed by atoms with van der Waals surface area (Å²) in [5.41, 5.74) is 0. The van der Waals surface area contributed by atoms with Crippen molar-refractivity contribution in [1.82, 2.24) is 10.3 Å². The van der Waals surface area contributed by atoms with E-state index in [0.717, 1.165) is 30.6 Å². The van der Waals surface area contributed by atoms with Crippen LogP contribution >= 0.6 is 0 Å². The predicted octanol–water partition coefficient (Wildman–Crippen LogP) is 1.16. The van der Waals surface area contributed by atoms with Gasteiger partial charge in [0.25, 0.3) is 11.7 Å². The van der Waals surface area contributed by atoms with Crippen molar-refractivity contribution in [3.05, 3.63) is 22.2 Å². The zero-order valence-electron chi connectivity index (χ0n) is 13.2. The SMILES string of the molecule is CC1Oc2ccc([N+](=O)[O-])nc2N(CC(=O)NC2CCCC2)C1=O. The number of carbonyl (C=O) groups excluding carboxylic acids is 2. The minimum absolute atomic E-state index is 0.00821. The lowest BCUT2D eigenvalue weighted by molar-refractivity contribution is -0.389. The first-order valence-electron chi connectivity index (χ1n) is 7.88. The molecule has 0 spiro atoms. The molecule has 9 heteroatoms. The van der Waals surface area contributed by atoms with Gasteiger partial charge in [-0.1, -0.05) is 12.8 Å². The average Bonchev–Trinajstić information content (AvgIpc) is 3.04. The molecular formula is C15H18N4O5. The number of aromatic nitrogens is 1. The van der Waals surface area contributed by atoms with Gasteiger partial charge < -0.3 is 20.2 Å². The first-order valence-corrected chi connectivity index (χ1v) is 7.88. The van der Waals surface area contributed by atoms with E-state index in [0.29, 0.717) is 0 Å². The van der Waals surface area contributed by atoms with Gasteiger partial charge in [-0.3, -0.25) is 14.5 Å². The Hall–Kier alpha value is -2.71. The number of nitrogens with one attached hydrogen (secondary N) is 1. The van der Waals surface area contributed by atoms with Crippen molar-refractivity contribution in [2.45, 2.75) is 44.8 Å². The van der Waals surface area contributed by atoms with E-state index in [9.17, 15) is 19.7 Å². The Morgan fingerprint density at radius 3 is 2.83 bits per heavy atom. The van der Waals surface area contributed by atoms with Gasteiger partial charge in [0.2, 0.25) is 5.91 Å². The lowest BCUT2D eigenvalue weighted by Gasteiger charge is -2.29. The van der Waals surface area contributed by atoms with E-state index < -0.39 is 22.8 Å². The normalized spacial score (nSPS) is 20.5. The Morgan fingerprint density at radius 1 is 1.46 bits per heavy atom. The Morgan fingerprint density at radius 2 is 2.17 bits per heavy atom. The van der Waals surface area contributed by atoms with Gasteiger partial charge in [-0.25, -0.2) is 0 Å². The van der Waals surface area contributed by atoms with Crippen LogP contribution in [0.25, 0.3) is 0 Å². The molecule has 1 aromatic heterocycles. The van der Waals surface area contributed by atoms with Crippen molar-refractivity contribution < 1.29 is 19.2 Å². The van der Waals surface area contributed by atoms with Crippen LogP contribution < -0.4 is 15.0 Å². The number of rotatable bonds is 4. The largest absolute Gasteiger partial charge is 0.475 e. The molecule has 1 unspecified atom stereocenters. The number of ether oxygens (including phenoxy) is 1. The number of amides is 2. The zero-order chi connectivity index (χ0) is 17.3. The van der Waals surface area contributed by atoms with Crippen LogP contribution in [0.2, 0.25) is 0 Å². The van der Waals surface area contributed by atoms with Crippen molar-refractivity contribution in [3.8, 4) is 5.75 Å². The summed E-state index contributed by atoms with van der Waals surface area (Å²) in [6.45, 7) is 1.33. The van der Waals surface area contributed by atoms with Gasteiger partial charge >= 0.3 is 5.82 Å². The third-order valence-electron chi connectivity index (χ3n) is 4.21. The predicted molar refractivity (Wildman–Crippen MR) is 83.7 cm³/mol. The van der Waals surface area contributed by atoms with Crippen LogP contribution in [0.1, 0.15) is 32.6 Å². The number of hydrogen-bond acceptors (Lipinski definition) is 6. The molecule has 2 heterocycles. The van der Waals surface area contributed by atoms with Crippen LogP contribution in [0, 0.1) is 10.1 Å². The maximum Gasteiger partial charge on any atom is 0.366 e. The number of fused-ring (bicyclic) bond motifs is 1. The van der Waals surface area contributed by atoms with E-state index in [4.69, 9.17) is 4.74 Å². The molecule has 2 amide bonds. The highest BCUT2D eigenvalue weighted by Gasteiger charge is 2.38. The second-order valence-electron chi connectivity index (χ2n) is 5.98. The maximum absolute atomic E-state index is 12.4. The number of nitrogens with zero attached hydrogens (tertiary/aromatic N) is 3. The molecule has 1 atom stereocenters. The Balaban J connectivity index is 1.83. The van der Waals surface area contributed by atoms with Gasteiger partial charge in [0.05, 0.1) is 0 Å². The standard InChI is InChI=1S/C15H18N4O5/c1-9-15(21)18(8-13(20)16-10-4-2-3-5-10)14-11(24-9)6-7-12(17-14)19(22)23/h6-7,9-10H,2-5,8H2,1H3,(H,16,20). The highest BCUT2D eigenvalue weighted by molar-refractivity contribution is 6.02. The summed E-state index contributed by atoms with van der Waals surface area (Å²) in [4.78, 5) is 39.9. The Bertz CT molecular complexity index is 686. The minimum Gasteiger partial charge on any atom is -0.475 e. The molecule has 1 aromatic rings. The van der Waals surface area contributed by atoms with E-state index in [1.54, 1.807) is 6.92 Å². The van der Waals surface area contributed by atoms with Crippen LogP contribution in [0.5, 0.6) is 5.75 Å². The van der Waals surface area contributed by atoms with E-state index in [1.165, 1.54) is 12.1 Å². The summed E-state index contributed by atoms with van der Waals surface area (Å²) < 4.78 is 5.42. The number of carbonyl (C=O) groups is 2. The van der Waals surface area contributed by atoms with Gasteiger partial charge in [0, 0.05) is 12.1 Å². The number of hydrogen-bond donors (Lipinski definition) is 1. The van der Waals surface area contributed by atoms with E-state index in [2.05, 4.69) is 10.3 Å². The van der Waals surface area contributed by atoms with Crippen molar-refractivity contribution >= 4 is 23.5 Å². The highest BCUT2D eigenvalue weighted by atomic mass is 16.6. The summed E-state index contributed by atoms with van der Waals surface area (Å²) >= 11 is 0. The summed E-state index contributed by atoms with van der Waals surface area (Å²) in [5, 5.41) is 13.8. The summed E-state index contributed by atoms with van der Waals surface area (Å²) in [6.07, 6.45) is 3.24. The molecule has 0 radical (unpaired) electrons.